The Bertz CT molecular complexity index is 788. The summed E-state index contributed by atoms with van der Waals surface area (Å²) in [7, 11) is 0.536. The molecule has 0 bridgehead atoms. The molecule has 26 heavy (non-hydrogen) atoms. The summed E-state index contributed by atoms with van der Waals surface area (Å²) < 4.78 is 31.0. The number of ether oxygens (including phenoxy) is 1. The SMILES string of the molecule is CCNC(=O)[C@H](C)NC(=O)/C=C/c1ccc(OC)c(S(=O)(=O)N(C)C)c1. The molecule has 0 aliphatic heterocycles. The lowest BCUT2D eigenvalue weighted by atomic mass is 10.2. The van der Waals surface area contributed by atoms with E-state index in [1.165, 1.54) is 45.5 Å². The van der Waals surface area contributed by atoms with Gasteiger partial charge in [0.15, 0.2) is 0 Å². The van der Waals surface area contributed by atoms with Gasteiger partial charge in [-0.15, -0.1) is 0 Å². The lowest BCUT2D eigenvalue weighted by Crippen LogP contribution is -2.44. The first kappa shape index (κ1) is 21.7. The zero-order chi connectivity index (χ0) is 19.9. The number of methoxy groups -OCH3 is 1. The molecular weight excluding hydrogens is 358 g/mol. The first-order valence-electron chi connectivity index (χ1n) is 8.00. The van der Waals surface area contributed by atoms with E-state index >= 15 is 0 Å². The second kappa shape index (κ2) is 9.35. The highest BCUT2D eigenvalue weighted by Crippen LogP contribution is 2.27. The fraction of sp³-hybridized carbons (Fsp3) is 0.412. The Morgan fingerprint density at radius 3 is 2.50 bits per heavy atom. The normalized spacial score (nSPS) is 12.8. The summed E-state index contributed by atoms with van der Waals surface area (Å²) in [6.45, 7) is 3.84. The zero-order valence-corrected chi connectivity index (χ0v) is 16.4. The summed E-state index contributed by atoms with van der Waals surface area (Å²) in [4.78, 5) is 23.5. The zero-order valence-electron chi connectivity index (χ0n) is 15.6. The monoisotopic (exact) mass is 383 g/mol. The molecule has 1 aromatic carbocycles. The average molecular weight is 383 g/mol. The minimum Gasteiger partial charge on any atom is -0.495 e. The third-order valence-electron chi connectivity index (χ3n) is 3.48. The van der Waals surface area contributed by atoms with Crippen LogP contribution in [0.2, 0.25) is 0 Å². The van der Waals surface area contributed by atoms with Crippen molar-refractivity contribution in [3.05, 3.63) is 29.8 Å². The molecule has 2 N–H and O–H groups in total. The van der Waals surface area contributed by atoms with Gasteiger partial charge in [0.05, 0.1) is 7.11 Å². The number of nitrogens with one attached hydrogen (secondary N) is 2. The smallest absolute Gasteiger partial charge is 0.246 e. The van der Waals surface area contributed by atoms with E-state index in [4.69, 9.17) is 4.74 Å². The quantitative estimate of drug-likeness (QED) is 0.640. The van der Waals surface area contributed by atoms with Crippen LogP contribution >= 0.6 is 0 Å². The number of hydrogen-bond donors (Lipinski definition) is 2. The Morgan fingerprint density at radius 1 is 1.31 bits per heavy atom. The van der Waals surface area contributed by atoms with E-state index in [-0.39, 0.29) is 16.6 Å². The fourth-order valence-corrected chi connectivity index (χ4v) is 3.11. The van der Waals surface area contributed by atoms with Gasteiger partial charge in [0.2, 0.25) is 21.8 Å². The summed E-state index contributed by atoms with van der Waals surface area (Å²) in [5.74, 6) is -0.528. The Labute approximate surface area is 154 Å². The summed E-state index contributed by atoms with van der Waals surface area (Å²) in [6.07, 6.45) is 2.71. The third-order valence-corrected chi connectivity index (χ3v) is 5.31. The number of hydrogen-bond acceptors (Lipinski definition) is 5. The van der Waals surface area contributed by atoms with Crippen molar-refractivity contribution in [3.8, 4) is 5.75 Å². The van der Waals surface area contributed by atoms with E-state index in [1.54, 1.807) is 19.9 Å². The standard InChI is InChI=1S/C17H25N3O5S/c1-6-18-17(22)12(2)19-16(21)10-8-13-7-9-14(25-5)15(11-13)26(23,24)20(3)4/h7-12H,6H2,1-5H3,(H,18,22)(H,19,21)/b10-8+/t12-/m0/s1. The fourth-order valence-electron chi connectivity index (χ4n) is 2.02. The van der Waals surface area contributed by atoms with Crippen molar-refractivity contribution in [3.63, 3.8) is 0 Å². The van der Waals surface area contributed by atoms with Crippen LogP contribution in [0.5, 0.6) is 5.75 Å². The maximum absolute atomic E-state index is 12.4. The van der Waals surface area contributed by atoms with E-state index < -0.39 is 22.0 Å². The van der Waals surface area contributed by atoms with Gasteiger partial charge in [-0.2, -0.15) is 0 Å². The molecule has 0 aromatic heterocycles. The van der Waals surface area contributed by atoms with Crippen molar-refractivity contribution in [2.45, 2.75) is 24.8 Å². The molecule has 8 nitrogen and oxygen atoms in total. The molecule has 0 aliphatic carbocycles. The van der Waals surface area contributed by atoms with Crippen molar-refractivity contribution in [2.75, 3.05) is 27.7 Å². The van der Waals surface area contributed by atoms with Crippen molar-refractivity contribution < 1.29 is 22.7 Å². The van der Waals surface area contributed by atoms with Gasteiger partial charge in [-0.3, -0.25) is 9.59 Å². The van der Waals surface area contributed by atoms with Gasteiger partial charge in [-0.05, 0) is 37.6 Å². The predicted octanol–water partition coefficient (Wildman–Crippen LogP) is 0.600. The number of sulfonamides is 1. The lowest BCUT2D eigenvalue weighted by molar-refractivity contribution is -0.126. The van der Waals surface area contributed by atoms with Gasteiger partial charge in [0.25, 0.3) is 0 Å². The van der Waals surface area contributed by atoms with Gasteiger partial charge >= 0.3 is 0 Å². The largest absolute Gasteiger partial charge is 0.495 e. The molecule has 0 spiro atoms. The third kappa shape index (κ3) is 5.57. The number of carbonyl (C=O) groups is 2. The van der Waals surface area contributed by atoms with E-state index in [0.717, 1.165) is 4.31 Å². The van der Waals surface area contributed by atoms with Gasteiger partial charge in [0, 0.05) is 26.7 Å². The van der Waals surface area contributed by atoms with Crippen LogP contribution in [0.15, 0.2) is 29.2 Å². The molecule has 2 amide bonds. The van der Waals surface area contributed by atoms with Crippen LogP contribution in [0.1, 0.15) is 19.4 Å². The molecule has 0 saturated heterocycles. The van der Waals surface area contributed by atoms with E-state index in [1.807, 2.05) is 0 Å². The number of nitrogens with zero attached hydrogens (tertiary/aromatic N) is 1. The minimum atomic E-state index is -3.70. The van der Waals surface area contributed by atoms with Crippen LogP contribution in [0.4, 0.5) is 0 Å². The second-order valence-electron chi connectivity index (χ2n) is 5.66. The molecular formula is C17H25N3O5S. The topological polar surface area (TPSA) is 105 Å². The molecule has 1 rings (SSSR count). The molecule has 0 heterocycles. The number of amides is 2. The summed E-state index contributed by atoms with van der Waals surface area (Å²) in [6, 6.07) is 3.90. The molecule has 1 atom stereocenters. The number of likely N-dealkylation sites (N-methyl/N-ethyl adjacent to an activating group) is 1. The second-order valence-corrected chi connectivity index (χ2v) is 7.78. The van der Waals surface area contributed by atoms with E-state index in [9.17, 15) is 18.0 Å². The maximum Gasteiger partial charge on any atom is 0.246 e. The molecule has 0 aliphatic rings. The first-order chi connectivity index (χ1) is 12.1. The Hall–Kier alpha value is -2.39. The molecule has 9 heteroatoms. The minimum absolute atomic E-state index is 0.00301. The van der Waals surface area contributed by atoms with Crippen molar-refractivity contribution in [1.29, 1.82) is 0 Å². The van der Waals surface area contributed by atoms with Crippen molar-refractivity contribution in [2.24, 2.45) is 0 Å². The highest BCUT2D eigenvalue weighted by molar-refractivity contribution is 7.89. The van der Waals surface area contributed by atoms with Gasteiger partial charge in [-0.25, -0.2) is 12.7 Å². The maximum atomic E-state index is 12.4. The predicted molar refractivity (Wildman–Crippen MR) is 99.2 cm³/mol. The van der Waals surface area contributed by atoms with E-state index in [0.29, 0.717) is 12.1 Å². The molecule has 0 unspecified atom stereocenters. The summed E-state index contributed by atoms with van der Waals surface area (Å²) >= 11 is 0. The Balaban J connectivity index is 2.99. The highest BCUT2D eigenvalue weighted by Gasteiger charge is 2.22. The van der Waals surface area contributed by atoms with Crippen LogP contribution in [0.3, 0.4) is 0 Å². The van der Waals surface area contributed by atoms with E-state index in [2.05, 4.69) is 10.6 Å². The van der Waals surface area contributed by atoms with Crippen LogP contribution in [0, 0.1) is 0 Å². The van der Waals surface area contributed by atoms with Crippen LogP contribution < -0.4 is 15.4 Å². The molecule has 0 fully saturated rings. The average Bonchev–Trinajstić information content (AvgIpc) is 2.59. The Morgan fingerprint density at radius 2 is 1.96 bits per heavy atom. The highest BCUT2D eigenvalue weighted by atomic mass is 32.2. The van der Waals surface area contributed by atoms with Crippen LogP contribution in [0.25, 0.3) is 6.08 Å². The summed E-state index contributed by atoms with van der Waals surface area (Å²) in [5, 5.41) is 5.14. The molecule has 1 aromatic rings. The van der Waals surface area contributed by atoms with Gasteiger partial charge in [-0.1, -0.05) is 6.07 Å². The van der Waals surface area contributed by atoms with Crippen LogP contribution in [-0.2, 0) is 19.6 Å². The van der Waals surface area contributed by atoms with Gasteiger partial charge in [0.1, 0.15) is 16.7 Å². The van der Waals surface area contributed by atoms with Gasteiger partial charge < -0.3 is 15.4 Å². The van der Waals surface area contributed by atoms with Crippen LogP contribution in [-0.4, -0.2) is 58.3 Å². The molecule has 0 radical (unpaired) electrons. The first-order valence-corrected chi connectivity index (χ1v) is 9.44. The molecule has 144 valence electrons. The summed E-state index contributed by atoms with van der Waals surface area (Å²) in [5.41, 5.74) is 0.507. The lowest BCUT2D eigenvalue weighted by Gasteiger charge is -2.15. The van der Waals surface area contributed by atoms with Crippen molar-refractivity contribution >= 4 is 27.9 Å². The molecule has 0 saturated carbocycles. The number of benzene rings is 1. The van der Waals surface area contributed by atoms with Crippen molar-refractivity contribution in [1.82, 2.24) is 14.9 Å². The number of carbonyl (C=O) groups excluding carboxylic acids is 2. The Kier molecular flexibility index (Phi) is 7.78. The number of rotatable bonds is 8.